The Bertz CT molecular complexity index is 955. The van der Waals surface area contributed by atoms with E-state index in [0.717, 1.165) is 30.0 Å². The second kappa shape index (κ2) is 8.60. The van der Waals surface area contributed by atoms with Crippen molar-refractivity contribution < 1.29 is 14.4 Å². The van der Waals surface area contributed by atoms with Gasteiger partial charge in [-0.25, -0.2) is 4.79 Å². The van der Waals surface area contributed by atoms with E-state index in [4.69, 9.17) is 0 Å². The van der Waals surface area contributed by atoms with Crippen LogP contribution < -0.4 is 16.1 Å². The topological polar surface area (TPSA) is 116 Å². The quantitative estimate of drug-likeness (QED) is 0.461. The van der Waals surface area contributed by atoms with Gasteiger partial charge in [0.25, 0.3) is 5.91 Å². The second-order valence-electron chi connectivity index (χ2n) is 7.40. The van der Waals surface area contributed by atoms with Gasteiger partial charge < -0.3 is 10.6 Å². The molecular weight excluding hydrogens is 424 g/mol. The lowest BCUT2D eigenvalue weighted by molar-refractivity contribution is -0.139. The highest BCUT2D eigenvalue weighted by Crippen LogP contribution is 2.33. The Labute approximate surface area is 182 Å². The number of aryl methyl sites for hydroxylation is 1. The van der Waals surface area contributed by atoms with Crippen molar-refractivity contribution >= 4 is 51.8 Å². The summed E-state index contributed by atoms with van der Waals surface area (Å²) in [6.07, 6.45) is 4.05. The zero-order chi connectivity index (χ0) is 21.1. The van der Waals surface area contributed by atoms with Gasteiger partial charge in [0.2, 0.25) is 11.0 Å². The third kappa shape index (κ3) is 4.41. The summed E-state index contributed by atoms with van der Waals surface area (Å²) in [7, 11) is 0. The largest absolute Gasteiger partial charge is 0.344 e. The summed E-state index contributed by atoms with van der Waals surface area (Å²) in [5.74, 6) is -0.797. The number of thioether (sulfide) groups is 1. The lowest BCUT2D eigenvalue weighted by atomic mass is 9.82. The molecule has 9 nitrogen and oxygen atoms in total. The molecule has 2 aliphatic rings. The number of carbonyl (C=O) groups is 3. The molecule has 2 heterocycles. The zero-order valence-corrected chi connectivity index (χ0v) is 18.1. The van der Waals surface area contributed by atoms with Crippen molar-refractivity contribution in [2.24, 2.45) is 0 Å². The highest BCUT2D eigenvalue weighted by atomic mass is 32.2. The van der Waals surface area contributed by atoms with Crippen molar-refractivity contribution in [3.05, 3.63) is 29.8 Å². The van der Waals surface area contributed by atoms with Gasteiger partial charge in [-0.3, -0.25) is 15.0 Å². The summed E-state index contributed by atoms with van der Waals surface area (Å²) in [6.45, 7) is 2.02. The summed E-state index contributed by atoms with van der Waals surface area (Å²) in [5.41, 5.74) is 3.64. The summed E-state index contributed by atoms with van der Waals surface area (Å²) in [6, 6.07) is 7.33. The number of nitrogens with one attached hydrogen (secondary N) is 3. The molecule has 158 valence electrons. The maximum Gasteiger partial charge on any atom is 0.344 e. The fourth-order valence-electron chi connectivity index (χ4n) is 3.58. The standard InChI is InChI=1S/C19H22N6O3S2/c1-12-5-7-13(8-6-12)20-16-22-23-18(30-16)29-11-14(26)24-25-15(27)19(21-17(25)28)9-3-2-4-10-19/h5-8H,2-4,9-11H2,1H3,(H,20,22)(H,21,28)(H,24,26). The third-order valence-electron chi connectivity index (χ3n) is 5.14. The predicted molar refractivity (Wildman–Crippen MR) is 114 cm³/mol. The number of anilines is 2. The second-order valence-corrected chi connectivity index (χ2v) is 9.60. The lowest BCUT2D eigenvalue weighted by Gasteiger charge is -2.30. The Morgan fingerprint density at radius 3 is 2.67 bits per heavy atom. The van der Waals surface area contributed by atoms with Gasteiger partial charge in [0.15, 0.2) is 4.34 Å². The first-order valence-electron chi connectivity index (χ1n) is 9.71. The van der Waals surface area contributed by atoms with Gasteiger partial charge in [-0.2, -0.15) is 5.01 Å². The average Bonchev–Trinajstić information content (AvgIpc) is 3.27. The molecule has 1 aromatic carbocycles. The van der Waals surface area contributed by atoms with E-state index in [2.05, 4.69) is 26.3 Å². The van der Waals surface area contributed by atoms with Crippen LogP contribution >= 0.6 is 23.1 Å². The fourth-order valence-corrected chi connectivity index (χ4v) is 5.14. The van der Waals surface area contributed by atoms with Gasteiger partial charge in [0.05, 0.1) is 5.75 Å². The van der Waals surface area contributed by atoms with E-state index >= 15 is 0 Å². The van der Waals surface area contributed by atoms with Crippen molar-refractivity contribution in [1.82, 2.24) is 25.9 Å². The van der Waals surface area contributed by atoms with E-state index in [0.29, 0.717) is 22.3 Å². The molecule has 0 unspecified atom stereocenters. The van der Waals surface area contributed by atoms with Crippen LogP contribution in [0.25, 0.3) is 0 Å². The number of carbonyl (C=O) groups excluding carboxylic acids is 3. The Morgan fingerprint density at radius 1 is 1.20 bits per heavy atom. The molecule has 1 spiro atoms. The minimum atomic E-state index is -0.856. The molecule has 0 radical (unpaired) electrons. The number of hydrogen-bond acceptors (Lipinski definition) is 8. The number of benzene rings is 1. The van der Waals surface area contributed by atoms with Crippen molar-refractivity contribution in [3.8, 4) is 0 Å². The molecule has 3 N–H and O–H groups in total. The number of urea groups is 1. The predicted octanol–water partition coefficient (Wildman–Crippen LogP) is 2.97. The molecule has 1 aliphatic carbocycles. The molecule has 4 amide bonds. The first-order valence-corrected chi connectivity index (χ1v) is 11.5. The van der Waals surface area contributed by atoms with Crippen LogP contribution in [0, 0.1) is 6.92 Å². The number of nitrogens with zero attached hydrogens (tertiary/aromatic N) is 3. The third-order valence-corrected chi connectivity index (χ3v) is 7.11. The van der Waals surface area contributed by atoms with E-state index in [1.807, 2.05) is 31.2 Å². The summed E-state index contributed by atoms with van der Waals surface area (Å²) in [5, 5.41) is 15.5. The summed E-state index contributed by atoms with van der Waals surface area (Å²) >= 11 is 2.52. The van der Waals surface area contributed by atoms with Gasteiger partial charge in [0, 0.05) is 5.69 Å². The van der Waals surface area contributed by atoms with Gasteiger partial charge in [-0.05, 0) is 31.9 Å². The van der Waals surface area contributed by atoms with Crippen LogP contribution in [-0.2, 0) is 9.59 Å². The summed E-state index contributed by atoms with van der Waals surface area (Å²) < 4.78 is 0.612. The minimum Gasteiger partial charge on any atom is -0.330 e. The Balaban J connectivity index is 1.29. The molecule has 1 saturated carbocycles. The fraction of sp³-hybridized carbons (Fsp3) is 0.421. The number of rotatable bonds is 6. The molecule has 0 bridgehead atoms. The van der Waals surface area contributed by atoms with Crippen LogP contribution in [0.15, 0.2) is 28.6 Å². The molecule has 30 heavy (non-hydrogen) atoms. The Hall–Kier alpha value is -2.66. The monoisotopic (exact) mass is 446 g/mol. The van der Waals surface area contributed by atoms with E-state index in [1.54, 1.807) is 0 Å². The maximum atomic E-state index is 12.7. The van der Waals surface area contributed by atoms with E-state index in [9.17, 15) is 14.4 Å². The van der Waals surface area contributed by atoms with Crippen LogP contribution in [0.4, 0.5) is 15.6 Å². The number of hydrogen-bond donors (Lipinski definition) is 3. The van der Waals surface area contributed by atoms with Crippen molar-refractivity contribution in [3.63, 3.8) is 0 Å². The average molecular weight is 447 g/mol. The van der Waals surface area contributed by atoms with Crippen molar-refractivity contribution in [2.75, 3.05) is 11.1 Å². The highest BCUT2D eigenvalue weighted by Gasteiger charge is 2.52. The first-order chi connectivity index (χ1) is 14.4. The number of imide groups is 1. The number of amides is 4. The van der Waals surface area contributed by atoms with Crippen molar-refractivity contribution in [1.29, 1.82) is 0 Å². The van der Waals surface area contributed by atoms with Gasteiger partial charge in [0.1, 0.15) is 5.54 Å². The summed E-state index contributed by atoms with van der Waals surface area (Å²) in [4.78, 5) is 37.2. The highest BCUT2D eigenvalue weighted by molar-refractivity contribution is 8.01. The van der Waals surface area contributed by atoms with E-state index in [-0.39, 0.29) is 11.7 Å². The van der Waals surface area contributed by atoms with Crippen LogP contribution in [0.3, 0.4) is 0 Å². The van der Waals surface area contributed by atoms with Gasteiger partial charge >= 0.3 is 6.03 Å². The SMILES string of the molecule is Cc1ccc(Nc2nnc(SCC(=O)NN3C(=O)NC4(CCCCC4)C3=O)s2)cc1. The molecule has 2 aromatic rings. The molecule has 1 aliphatic heterocycles. The van der Waals surface area contributed by atoms with Crippen LogP contribution in [0.5, 0.6) is 0 Å². The van der Waals surface area contributed by atoms with E-state index < -0.39 is 17.5 Å². The molecule has 1 saturated heterocycles. The Kier molecular flexibility index (Phi) is 5.91. The van der Waals surface area contributed by atoms with Gasteiger partial charge in [-0.15, -0.1) is 10.2 Å². The van der Waals surface area contributed by atoms with Crippen LogP contribution in [0.2, 0.25) is 0 Å². The minimum absolute atomic E-state index is 0.0171. The van der Waals surface area contributed by atoms with Crippen LogP contribution in [0.1, 0.15) is 37.7 Å². The molecule has 11 heteroatoms. The van der Waals surface area contributed by atoms with E-state index in [1.165, 1.54) is 28.7 Å². The number of hydrazine groups is 1. The smallest absolute Gasteiger partial charge is 0.330 e. The molecule has 2 fully saturated rings. The zero-order valence-electron chi connectivity index (χ0n) is 16.4. The Morgan fingerprint density at radius 2 is 1.93 bits per heavy atom. The molecule has 0 atom stereocenters. The van der Waals surface area contributed by atoms with Crippen LogP contribution in [-0.4, -0.2) is 44.3 Å². The number of aromatic nitrogens is 2. The molecular formula is C19H22N6O3S2. The molecule has 1 aromatic heterocycles. The van der Waals surface area contributed by atoms with Crippen molar-refractivity contribution in [2.45, 2.75) is 48.9 Å². The molecule has 4 rings (SSSR count). The maximum absolute atomic E-state index is 12.7. The lowest BCUT2D eigenvalue weighted by Crippen LogP contribution is -2.51. The normalized spacial score (nSPS) is 17.8. The first kappa shape index (κ1) is 20.6. The van der Waals surface area contributed by atoms with Gasteiger partial charge in [-0.1, -0.05) is 60.1 Å².